The third kappa shape index (κ3) is 3.44. The molecule has 7 heteroatoms. The maximum Gasteiger partial charge on any atom is 0.416 e. The van der Waals surface area contributed by atoms with Crippen LogP contribution in [0.15, 0.2) is 34.1 Å². The summed E-state index contributed by atoms with van der Waals surface area (Å²) in [6.45, 7) is 1.75. The number of anilines is 1. The van der Waals surface area contributed by atoms with Gasteiger partial charge in [-0.25, -0.2) is 4.98 Å². The summed E-state index contributed by atoms with van der Waals surface area (Å²) >= 11 is 1.11. The van der Waals surface area contributed by atoms with Gasteiger partial charge in [0.15, 0.2) is 0 Å². The van der Waals surface area contributed by atoms with E-state index < -0.39 is 11.7 Å². The van der Waals surface area contributed by atoms with Crippen molar-refractivity contribution in [2.75, 3.05) is 5.73 Å². The number of hydrogen-bond donors (Lipinski definition) is 1. The molecule has 1 heterocycles. The lowest BCUT2D eigenvalue weighted by Crippen LogP contribution is -2.09. The molecule has 0 fully saturated rings. The Labute approximate surface area is 112 Å². The van der Waals surface area contributed by atoms with Gasteiger partial charge in [-0.05, 0) is 24.6 Å². The van der Waals surface area contributed by atoms with Crippen molar-refractivity contribution in [3.05, 3.63) is 41.3 Å². The highest BCUT2D eigenvalue weighted by molar-refractivity contribution is 7.98. The van der Waals surface area contributed by atoms with E-state index in [9.17, 15) is 13.2 Å². The highest BCUT2D eigenvalue weighted by Crippen LogP contribution is 2.35. The highest BCUT2D eigenvalue weighted by Gasteiger charge is 2.33. The van der Waals surface area contributed by atoms with Crippen molar-refractivity contribution < 1.29 is 17.6 Å². The number of rotatable bonds is 3. The van der Waals surface area contributed by atoms with Crippen LogP contribution < -0.4 is 5.73 Å². The van der Waals surface area contributed by atoms with Crippen molar-refractivity contribution in [3.63, 3.8) is 0 Å². The fourth-order valence-electron chi connectivity index (χ4n) is 1.52. The van der Waals surface area contributed by atoms with Crippen molar-refractivity contribution in [3.8, 4) is 0 Å². The first-order valence-electron chi connectivity index (χ1n) is 5.37. The number of alkyl halides is 3. The molecule has 3 nitrogen and oxygen atoms in total. The van der Waals surface area contributed by atoms with Crippen molar-refractivity contribution in [1.82, 2.24) is 4.98 Å². The molecule has 0 spiro atoms. The van der Waals surface area contributed by atoms with E-state index in [2.05, 4.69) is 4.98 Å². The van der Waals surface area contributed by atoms with Gasteiger partial charge in [-0.1, -0.05) is 17.8 Å². The van der Waals surface area contributed by atoms with Crippen LogP contribution in [0.3, 0.4) is 0 Å². The predicted octanol–water partition coefficient (Wildman–Crippen LogP) is 3.88. The summed E-state index contributed by atoms with van der Waals surface area (Å²) < 4.78 is 43.6. The molecular formula is C12H11F3N2OS. The molecule has 0 aliphatic carbocycles. The number of oxazole rings is 1. The Kier molecular flexibility index (Phi) is 3.75. The van der Waals surface area contributed by atoms with E-state index in [1.54, 1.807) is 6.92 Å². The lowest BCUT2D eigenvalue weighted by molar-refractivity contribution is -0.138. The molecule has 0 radical (unpaired) electrons. The number of aromatic nitrogens is 1. The zero-order chi connectivity index (χ0) is 14.0. The second-order valence-corrected chi connectivity index (χ2v) is 4.88. The molecule has 0 amide bonds. The van der Waals surface area contributed by atoms with Crippen LogP contribution in [0.1, 0.15) is 16.8 Å². The standard InChI is InChI=1S/C12H11F3N2OS/c1-7-5-18-11(17-7)19-6-8-2-3-9(16)4-10(8)12(13,14)15/h2-5H,6,16H2,1H3. The zero-order valence-electron chi connectivity index (χ0n) is 9.99. The quantitative estimate of drug-likeness (QED) is 0.688. The smallest absolute Gasteiger partial charge is 0.416 e. The average molecular weight is 288 g/mol. The van der Waals surface area contributed by atoms with Gasteiger partial charge in [-0.2, -0.15) is 13.2 Å². The van der Waals surface area contributed by atoms with Gasteiger partial charge in [0.05, 0.1) is 11.3 Å². The fourth-order valence-corrected chi connectivity index (χ4v) is 2.38. The lowest BCUT2D eigenvalue weighted by Gasteiger charge is -2.12. The molecule has 0 bridgehead atoms. The summed E-state index contributed by atoms with van der Waals surface area (Å²) in [7, 11) is 0. The van der Waals surface area contributed by atoms with E-state index in [-0.39, 0.29) is 17.0 Å². The van der Waals surface area contributed by atoms with Gasteiger partial charge in [0.1, 0.15) is 6.26 Å². The monoisotopic (exact) mass is 288 g/mol. The van der Waals surface area contributed by atoms with Crippen molar-refractivity contribution >= 4 is 17.4 Å². The molecule has 0 aliphatic rings. The largest absolute Gasteiger partial charge is 0.440 e. The Morgan fingerprint density at radius 1 is 1.37 bits per heavy atom. The lowest BCUT2D eigenvalue weighted by atomic mass is 10.1. The minimum absolute atomic E-state index is 0.0908. The average Bonchev–Trinajstić information content (AvgIpc) is 2.72. The topological polar surface area (TPSA) is 52.0 Å². The number of hydrogen-bond acceptors (Lipinski definition) is 4. The van der Waals surface area contributed by atoms with E-state index >= 15 is 0 Å². The van der Waals surface area contributed by atoms with Crippen LogP contribution in [0.5, 0.6) is 0 Å². The van der Waals surface area contributed by atoms with Gasteiger partial charge in [0, 0.05) is 11.4 Å². The number of aryl methyl sites for hydroxylation is 1. The minimum atomic E-state index is -4.42. The van der Waals surface area contributed by atoms with E-state index in [0.29, 0.717) is 10.9 Å². The van der Waals surface area contributed by atoms with Gasteiger partial charge >= 0.3 is 6.18 Å². The molecule has 0 aliphatic heterocycles. The van der Waals surface area contributed by atoms with Gasteiger partial charge in [0.25, 0.3) is 5.22 Å². The van der Waals surface area contributed by atoms with Crippen LogP contribution in [-0.2, 0) is 11.9 Å². The molecule has 2 rings (SSSR count). The summed E-state index contributed by atoms with van der Waals surface area (Å²) in [6, 6.07) is 3.77. The van der Waals surface area contributed by atoms with Crippen LogP contribution in [0, 0.1) is 6.92 Å². The number of thioether (sulfide) groups is 1. The Morgan fingerprint density at radius 3 is 2.68 bits per heavy atom. The molecular weight excluding hydrogens is 277 g/mol. The number of nitrogens with zero attached hydrogens (tertiary/aromatic N) is 1. The Bertz CT molecular complexity index is 581. The maximum atomic E-state index is 12.9. The van der Waals surface area contributed by atoms with Crippen LogP contribution in [-0.4, -0.2) is 4.98 Å². The molecule has 0 atom stereocenters. The Hall–Kier alpha value is -1.63. The molecule has 102 valence electrons. The van der Waals surface area contributed by atoms with Crippen molar-refractivity contribution in [2.24, 2.45) is 0 Å². The first kappa shape index (κ1) is 13.8. The van der Waals surface area contributed by atoms with Crippen LogP contribution >= 0.6 is 11.8 Å². The SMILES string of the molecule is Cc1coc(SCc2ccc(N)cc2C(F)(F)F)n1. The normalized spacial score (nSPS) is 11.8. The van der Waals surface area contributed by atoms with Crippen LogP contribution in [0.2, 0.25) is 0 Å². The molecule has 0 saturated carbocycles. The van der Waals surface area contributed by atoms with Crippen LogP contribution in [0.4, 0.5) is 18.9 Å². The fraction of sp³-hybridized carbons (Fsp3) is 0.250. The second-order valence-electron chi connectivity index (χ2n) is 3.96. The van der Waals surface area contributed by atoms with Crippen LogP contribution in [0.25, 0.3) is 0 Å². The Balaban J connectivity index is 2.20. The molecule has 1 aromatic heterocycles. The second kappa shape index (κ2) is 5.16. The van der Waals surface area contributed by atoms with E-state index in [1.807, 2.05) is 0 Å². The van der Waals surface area contributed by atoms with Crippen molar-refractivity contribution in [2.45, 2.75) is 24.1 Å². The Morgan fingerprint density at radius 2 is 2.11 bits per heavy atom. The molecule has 2 N–H and O–H groups in total. The molecule has 2 aromatic rings. The summed E-state index contributed by atoms with van der Waals surface area (Å²) in [5, 5.41) is 0.349. The first-order valence-corrected chi connectivity index (χ1v) is 6.35. The van der Waals surface area contributed by atoms with Gasteiger partial charge in [-0.3, -0.25) is 0 Å². The van der Waals surface area contributed by atoms with Gasteiger partial charge in [-0.15, -0.1) is 0 Å². The third-order valence-electron chi connectivity index (χ3n) is 2.39. The zero-order valence-corrected chi connectivity index (χ0v) is 10.8. The first-order chi connectivity index (χ1) is 8.86. The molecule has 0 unspecified atom stereocenters. The highest BCUT2D eigenvalue weighted by atomic mass is 32.2. The van der Waals surface area contributed by atoms with E-state index in [1.165, 1.54) is 18.4 Å². The molecule has 19 heavy (non-hydrogen) atoms. The van der Waals surface area contributed by atoms with Crippen molar-refractivity contribution in [1.29, 1.82) is 0 Å². The predicted molar refractivity (Wildman–Crippen MR) is 66.7 cm³/mol. The molecule has 1 aromatic carbocycles. The summed E-state index contributed by atoms with van der Waals surface area (Å²) in [5.74, 6) is 0.120. The maximum absolute atomic E-state index is 12.9. The number of benzene rings is 1. The van der Waals surface area contributed by atoms with E-state index in [0.717, 1.165) is 17.8 Å². The summed E-state index contributed by atoms with van der Waals surface area (Å²) in [5.41, 5.74) is 5.61. The minimum Gasteiger partial charge on any atom is -0.440 e. The number of nitrogen functional groups attached to an aromatic ring is 1. The summed E-state index contributed by atoms with van der Waals surface area (Å²) in [6.07, 6.45) is -2.96. The van der Waals surface area contributed by atoms with Gasteiger partial charge in [0.2, 0.25) is 0 Å². The number of halogens is 3. The van der Waals surface area contributed by atoms with E-state index in [4.69, 9.17) is 10.2 Å². The van der Waals surface area contributed by atoms with Gasteiger partial charge < -0.3 is 10.2 Å². The summed E-state index contributed by atoms with van der Waals surface area (Å²) in [4.78, 5) is 4.03. The molecule has 0 saturated heterocycles. The third-order valence-corrected chi connectivity index (χ3v) is 3.28. The number of nitrogens with two attached hydrogens (primary N) is 1.